The molecule has 1 aliphatic rings. The number of nitrogens with zero attached hydrogens (tertiary/aromatic N) is 1. The fourth-order valence-corrected chi connectivity index (χ4v) is 4.32. The van der Waals surface area contributed by atoms with Gasteiger partial charge in [-0.2, -0.15) is 0 Å². The lowest BCUT2D eigenvalue weighted by Crippen LogP contribution is -2.46. The molecule has 122 valence electrons. The van der Waals surface area contributed by atoms with Crippen molar-refractivity contribution >= 4 is 0 Å². The fourth-order valence-electron chi connectivity index (χ4n) is 4.32. The highest BCUT2D eigenvalue weighted by molar-refractivity contribution is 5.27. The van der Waals surface area contributed by atoms with Gasteiger partial charge in [0.15, 0.2) is 0 Å². The van der Waals surface area contributed by atoms with Crippen molar-refractivity contribution in [2.45, 2.75) is 57.9 Å². The van der Waals surface area contributed by atoms with Gasteiger partial charge in [-0.25, -0.2) is 0 Å². The Morgan fingerprint density at radius 2 is 1.61 bits per heavy atom. The summed E-state index contributed by atoms with van der Waals surface area (Å²) in [6, 6.07) is 16.1. The molecule has 1 heterocycles. The van der Waals surface area contributed by atoms with E-state index in [1.54, 1.807) is 6.07 Å². The maximum absolute atomic E-state index is 12.5. The quantitative estimate of drug-likeness (QED) is 0.781. The van der Waals surface area contributed by atoms with Crippen molar-refractivity contribution in [3.05, 3.63) is 70.6 Å². The summed E-state index contributed by atoms with van der Waals surface area (Å²) >= 11 is 0. The summed E-state index contributed by atoms with van der Waals surface area (Å²) in [5.41, 5.74) is 1.61. The number of hydrogen-bond acceptors (Lipinski definition) is 1. The largest absolute Gasteiger partial charge is 0.305 e. The zero-order chi connectivity index (χ0) is 16.3. The van der Waals surface area contributed by atoms with Crippen LogP contribution in [-0.2, 0) is 5.54 Å². The third-order valence-electron chi connectivity index (χ3n) is 5.73. The lowest BCUT2D eigenvalue weighted by molar-refractivity contribution is 0.112. The Labute approximate surface area is 139 Å². The van der Waals surface area contributed by atoms with Crippen molar-refractivity contribution < 1.29 is 0 Å². The molecule has 0 atom stereocenters. The van der Waals surface area contributed by atoms with Crippen LogP contribution >= 0.6 is 0 Å². The zero-order valence-corrected chi connectivity index (χ0v) is 14.3. The molecule has 2 aromatic rings. The Hall–Kier alpha value is -1.83. The summed E-state index contributed by atoms with van der Waals surface area (Å²) in [5, 5.41) is 0. The standard InChI is InChI=1S/C21H27NO/c1-3-12-20(2)13-15-21(16-14-20,18-9-5-4-6-10-18)22-17-8-7-11-19(22)23/h4-11,17H,3,12-16H2,1-2H3. The molecule has 23 heavy (non-hydrogen) atoms. The topological polar surface area (TPSA) is 22.0 Å². The van der Waals surface area contributed by atoms with Crippen molar-refractivity contribution in [2.75, 3.05) is 0 Å². The first-order valence-corrected chi connectivity index (χ1v) is 8.83. The first kappa shape index (κ1) is 16.0. The number of aromatic nitrogens is 1. The van der Waals surface area contributed by atoms with Gasteiger partial charge in [-0.15, -0.1) is 0 Å². The summed E-state index contributed by atoms with van der Waals surface area (Å²) in [6.45, 7) is 4.69. The average molecular weight is 309 g/mol. The number of rotatable bonds is 4. The van der Waals surface area contributed by atoms with E-state index >= 15 is 0 Å². The Balaban J connectivity index is 2.04. The molecule has 0 saturated heterocycles. The lowest BCUT2D eigenvalue weighted by atomic mass is 9.64. The van der Waals surface area contributed by atoms with Gasteiger partial charge in [0.1, 0.15) is 0 Å². The first-order valence-electron chi connectivity index (χ1n) is 8.83. The molecule has 1 aliphatic carbocycles. The summed E-state index contributed by atoms with van der Waals surface area (Å²) in [5.74, 6) is 0. The summed E-state index contributed by atoms with van der Waals surface area (Å²) in [4.78, 5) is 12.5. The lowest BCUT2D eigenvalue weighted by Gasteiger charge is -2.46. The van der Waals surface area contributed by atoms with Crippen LogP contribution in [0.15, 0.2) is 59.5 Å². The van der Waals surface area contributed by atoms with E-state index in [1.807, 2.05) is 22.9 Å². The predicted molar refractivity (Wildman–Crippen MR) is 95.7 cm³/mol. The average Bonchev–Trinajstić information content (AvgIpc) is 2.58. The van der Waals surface area contributed by atoms with Gasteiger partial charge in [-0.1, -0.05) is 56.7 Å². The SMILES string of the molecule is CCCC1(C)CCC(c2ccccc2)(n2ccccc2=O)CC1. The number of hydrogen-bond donors (Lipinski definition) is 0. The van der Waals surface area contributed by atoms with Gasteiger partial charge >= 0.3 is 0 Å². The normalized spacial score (nSPS) is 27.7. The van der Waals surface area contributed by atoms with Crippen molar-refractivity contribution in [1.82, 2.24) is 4.57 Å². The minimum Gasteiger partial charge on any atom is -0.305 e. The molecule has 2 nitrogen and oxygen atoms in total. The van der Waals surface area contributed by atoms with E-state index in [9.17, 15) is 4.79 Å². The van der Waals surface area contributed by atoms with Gasteiger partial charge < -0.3 is 4.57 Å². The van der Waals surface area contributed by atoms with Crippen molar-refractivity contribution in [2.24, 2.45) is 5.41 Å². The van der Waals surface area contributed by atoms with Gasteiger partial charge in [0.05, 0.1) is 5.54 Å². The second kappa shape index (κ2) is 6.35. The van der Waals surface area contributed by atoms with Gasteiger partial charge in [0, 0.05) is 12.3 Å². The molecule has 1 fully saturated rings. The van der Waals surface area contributed by atoms with E-state index in [4.69, 9.17) is 0 Å². The molecule has 3 rings (SSSR count). The fraction of sp³-hybridized carbons (Fsp3) is 0.476. The van der Waals surface area contributed by atoms with Crippen LogP contribution in [0.5, 0.6) is 0 Å². The van der Waals surface area contributed by atoms with Crippen LogP contribution in [0.2, 0.25) is 0 Å². The molecule has 0 amide bonds. The highest BCUT2D eigenvalue weighted by Crippen LogP contribution is 2.49. The van der Waals surface area contributed by atoms with Crippen LogP contribution in [0, 0.1) is 5.41 Å². The summed E-state index contributed by atoms with van der Waals surface area (Å²) in [6.07, 6.45) is 8.92. The second-order valence-electron chi connectivity index (χ2n) is 7.37. The predicted octanol–water partition coefficient (Wildman–Crippen LogP) is 4.97. The maximum atomic E-state index is 12.5. The Bertz CT molecular complexity index is 693. The smallest absolute Gasteiger partial charge is 0.251 e. The molecular weight excluding hydrogens is 282 g/mol. The van der Waals surface area contributed by atoms with E-state index in [1.165, 1.54) is 31.2 Å². The Morgan fingerprint density at radius 3 is 2.22 bits per heavy atom. The highest BCUT2D eigenvalue weighted by Gasteiger charge is 2.42. The highest BCUT2D eigenvalue weighted by atomic mass is 16.1. The van der Waals surface area contributed by atoms with Gasteiger partial charge in [-0.05, 0) is 49.1 Å². The molecule has 0 bridgehead atoms. The van der Waals surface area contributed by atoms with E-state index in [0.29, 0.717) is 5.41 Å². The first-order chi connectivity index (χ1) is 11.1. The van der Waals surface area contributed by atoms with Crippen LogP contribution < -0.4 is 5.56 Å². The molecule has 0 N–H and O–H groups in total. The van der Waals surface area contributed by atoms with E-state index in [0.717, 1.165) is 12.8 Å². The van der Waals surface area contributed by atoms with Crippen molar-refractivity contribution in [3.63, 3.8) is 0 Å². The summed E-state index contributed by atoms with van der Waals surface area (Å²) < 4.78 is 1.98. The molecule has 2 heteroatoms. The molecule has 0 unspecified atom stereocenters. The molecule has 0 radical (unpaired) electrons. The van der Waals surface area contributed by atoms with Crippen molar-refractivity contribution in [3.8, 4) is 0 Å². The Kier molecular flexibility index (Phi) is 4.43. The van der Waals surface area contributed by atoms with Crippen LogP contribution in [0.3, 0.4) is 0 Å². The molecule has 1 aromatic carbocycles. The van der Waals surface area contributed by atoms with Crippen LogP contribution in [0.1, 0.15) is 57.9 Å². The van der Waals surface area contributed by atoms with Gasteiger partial charge in [0.2, 0.25) is 0 Å². The molecule has 0 spiro atoms. The number of pyridine rings is 1. The third kappa shape index (κ3) is 2.99. The minimum atomic E-state index is -0.188. The monoisotopic (exact) mass is 309 g/mol. The van der Waals surface area contributed by atoms with Crippen molar-refractivity contribution in [1.29, 1.82) is 0 Å². The minimum absolute atomic E-state index is 0.107. The van der Waals surface area contributed by atoms with E-state index in [-0.39, 0.29) is 11.1 Å². The van der Waals surface area contributed by atoms with Gasteiger partial charge in [0.25, 0.3) is 5.56 Å². The second-order valence-corrected chi connectivity index (χ2v) is 7.37. The van der Waals surface area contributed by atoms with Crippen LogP contribution in [0.25, 0.3) is 0 Å². The van der Waals surface area contributed by atoms with E-state index < -0.39 is 0 Å². The zero-order valence-electron chi connectivity index (χ0n) is 14.3. The molecule has 0 aliphatic heterocycles. The third-order valence-corrected chi connectivity index (χ3v) is 5.73. The van der Waals surface area contributed by atoms with Crippen LogP contribution in [-0.4, -0.2) is 4.57 Å². The summed E-state index contributed by atoms with van der Waals surface area (Å²) in [7, 11) is 0. The molecule has 1 aromatic heterocycles. The van der Waals surface area contributed by atoms with Gasteiger partial charge in [-0.3, -0.25) is 4.79 Å². The van der Waals surface area contributed by atoms with Crippen LogP contribution in [0.4, 0.5) is 0 Å². The molecular formula is C21H27NO. The number of benzene rings is 1. The maximum Gasteiger partial charge on any atom is 0.251 e. The Morgan fingerprint density at radius 1 is 0.957 bits per heavy atom. The van der Waals surface area contributed by atoms with E-state index in [2.05, 4.69) is 44.2 Å². The molecule has 1 saturated carbocycles.